The van der Waals surface area contributed by atoms with E-state index in [1.807, 2.05) is 54.8 Å². The lowest BCUT2D eigenvalue weighted by Crippen LogP contribution is -2.53. The fourth-order valence-corrected chi connectivity index (χ4v) is 6.22. The van der Waals surface area contributed by atoms with Gasteiger partial charge >= 0.3 is 0 Å². The third-order valence-corrected chi connectivity index (χ3v) is 8.02. The van der Waals surface area contributed by atoms with Gasteiger partial charge in [-0.25, -0.2) is 0 Å². The van der Waals surface area contributed by atoms with Crippen LogP contribution in [0.25, 0.3) is 0 Å². The van der Waals surface area contributed by atoms with Crippen molar-refractivity contribution in [2.24, 2.45) is 11.8 Å². The smallest absolute Gasteiger partial charge is 0.250 e. The summed E-state index contributed by atoms with van der Waals surface area (Å²) in [6.07, 6.45) is 4.20. The van der Waals surface area contributed by atoms with E-state index in [4.69, 9.17) is 0 Å². The molecule has 2 aromatic rings. The normalized spacial score (nSPS) is 27.9. The summed E-state index contributed by atoms with van der Waals surface area (Å²) < 4.78 is 0. The van der Waals surface area contributed by atoms with E-state index in [0.29, 0.717) is 13.0 Å². The summed E-state index contributed by atoms with van der Waals surface area (Å²) in [7, 11) is 0. The number of nitrogens with one attached hydrogen (secondary N) is 2. The van der Waals surface area contributed by atoms with Gasteiger partial charge in [0.1, 0.15) is 5.54 Å². The number of hydrogen-bond acceptors (Lipinski definition) is 5. The van der Waals surface area contributed by atoms with Crippen LogP contribution in [-0.2, 0) is 32.8 Å². The number of anilines is 1. The van der Waals surface area contributed by atoms with Crippen molar-refractivity contribution < 1.29 is 14.4 Å². The van der Waals surface area contributed by atoms with Crippen LogP contribution in [0.2, 0.25) is 0 Å². The van der Waals surface area contributed by atoms with Gasteiger partial charge in [0.15, 0.2) is 0 Å². The average molecular weight is 464 g/mol. The molecule has 0 radical (unpaired) electrons. The number of likely N-dealkylation sites (tertiary alicyclic amines) is 1. The highest BCUT2D eigenvalue weighted by Gasteiger charge is 2.70. The van der Waals surface area contributed by atoms with Crippen molar-refractivity contribution in [2.75, 3.05) is 23.9 Å². The molecule has 2 N–H and O–H groups in total. The molecule has 3 heterocycles. The Balaban J connectivity index is 1.53. The summed E-state index contributed by atoms with van der Waals surface area (Å²) in [6, 6.07) is 15.6. The van der Waals surface area contributed by atoms with Crippen molar-refractivity contribution >= 4 is 35.2 Å². The van der Waals surface area contributed by atoms with Crippen LogP contribution in [0.4, 0.5) is 5.69 Å². The summed E-state index contributed by atoms with van der Waals surface area (Å²) in [6.45, 7) is 2.41. The first-order valence-corrected chi connectivity index (χ1v) is 13.0. The van der Waals surface area contributed by atoms with Crippen molar-refractivity contribution in [2.45, 2.75) is 37.8 Å². The standard InChI is InChI=1S/C26H29N3O3S/c1-3-16-9-10-19-18(15-16)26(25(32)27-19)22-21(20(28-26)12-14-33-2)23(30)29(24(22)31)13-11-17-7-5-4-6-8-17/h4-10,15,20-22,28H,3,11-14H2,1-2H3,(H,27,32)/t20-,21-,22-,26-/m1/s1. The Morgan fingerprint density at radius 3 is 2.55 bits per heavy atom. The summed E-state index contributed by atoms with van der Waals surface area (Å²) in [5.41, 5.74) is 2.53. The minimum atomic E-state index is -1.19. The molecule has 0 aromatic heterocycles. The fraction of sp³-hybridized carbons (Fsp3) is 0.423. The molecule has 6 nitrogen and oxygen atoms in total. The van der Waals surface area contributed by atoms with Gasteiger partial charge in [-0.1, -0.05) is 49.4 Å². The quantitative estimate of drug-likeness (QED) is 0.618. The minimum Gasteiger partial charge on any atom is -0.324 e. The maximum atomic E-state index is 13.8. The zero-order valence-corrected chi connectivity index (χ0v) is 19.8. The molecule has 2 aromatic carbocycles. The second-order valence-electron chi connectivity index (χ2n) is 9.10. The first-order chi connectivity index (χ1) is 16.0. The van der Waals surface area contributed by atoms with E-state index >= 15 is 0 Å². The van der Waals surface area contributed by atoms with E-state index in [2.05, 4.69) is 17.6 Å². The molecule has 3 amide bonds. The highest BCUT2D eigenvalue weighted by Crippen LogP contribution is 2.53. The molecule has 2 fully saturated rings. The second-order valence-corrected chi connectivity index (χ2v) is 10.1. The van der Waals surface area contributed by atoms with Crippen LogP contribution in [0.5, 0.6) is 0 Å². The molecule has 1 spiro atoms. The van der Waals surface area contributed by atoms with Crippen molar-refractivity contribution in [3.8, 4) is 0 Å². The maximum absolute atomic E-state index is 13.8. The van der Waals surface area contributed by atoms with Crippen LogP contribution in [0, 0.1) is 11.8 Å². The Labute approximate surface area is 198 Å². The van der Waals surface area contributed by atoms with Crippen molar-refractivity contribution in [1.82, 2.24) is 10.2 Å². The van der Waals surface area contributed by atoms with Gasteiger partial charge in [-0.15, -0.1) is 0 Å². The Morgan fingerprint density at radius 1 is 1.03 bits per heavy atom. The summed E-state index contributed by atoms with van der Waals surface area (Å²) in [5, 5.41) is 6.51. The van der Waals surface area contributed by atoms with Crippen LogP contribution < -0.4 is 10.6 Å². The predicted octanol–water partition coefficient (Wildman–Crippen LogP) is 2.97. The zero-order valence-electron chi connectivity index (χ0n) is 19.0. The first-order valence-electron chi connectivity index (χ1n) is 11.6. The van der Waals surface area contributed by atoms with E-state index in [0.717, 1.165) is 41.0 Å². The van der Waals surface area contributed by atoms with Crippen LogP contribution >= 0.6 is 11.8 Å². The molecule has 7 heteroatoms. The van der Waals surface area contributed by atoms with E-state index in [-0.39, 0.29) is 23.8 Å². The van der Waals surface area contributed by atoms with E-state index in [1.54, 1.807) is 11.8 Å². The third kappa shape index (κ3) is 3.40. The number of imide groups is 1. The predicted molar refractivity (Wildman–Crippen MR) is 130 cm³/mol. The van der Waals surface area contributed by atoms with Gasteiger partial charge in [0.05, 0.1) is 11.8 Å². The molecular weight excluding hydrogens is 434 g/mol. The Kier molecular flexibility index (Phi) is 5.79. The van der Waals surface area contributed by atoms with Gasteiger partial charge in [0.25, 0.3) is 0 Å². The van der Waals surface area contributed by atoms with Gasteiger partial charge in [0, 0.05) is 23.8 Å². The van der Waals surface area contributed by atoms with Gasteiger partial charge in [-0.3, -0.25) is 24.6 Å². The Bertz CT molecular complexity index is 1110. The third-order valence-electron chi connectivity index (χ3n) is 7.38. The molecule has 33 heavy (non-hydrogen) atoms. The molecule has 172 valence electrons. The number of amides is 3. The number of carbonyl (C=O) groups is 3. The van der Waals surface area contributed by atoms with Crippen LogP contribution in [0.1, 0.15) is 30.0 Å². The summed E-state index contributed by atoms with van der Waals surface area (Å²) in [5.74, 6) is -0.998. The monoisotopic (exact) mass is 463 g/mol. The van der Waals surface area contributed by atoms with E-state index in [9.17, 15) is 14.4 Å². The highest BCUT2D eigenvalue weighted by molar-refractivity contribution is 7.98. The average Bonchev–Trinajstić information content (AvgIpc) is 3.41. The second kappa shape index (κ2) is 8.61. The molecule has 0 saturated carbocycles. The molecule has 0 unspecified atom stereocenters. The summed E-state index contributed by atoms with van der Waals surface area (Å²) in [4.78, 5) is 42.3. The zero-order chi connectivity index (χ0) is 23.2. The number of rotatable bonds is 7. The molecule has 3 aliphatic heterocycles. The molecule has 2 saturated heterocycles. The van der Waals surface area contributed by atoms with Crippen molar-refractivity contribution in [1.29, 1.82) is 0 Å². The number of hydrogen-bond donors (Lipinski definition) is 2. The molecule has 3 aliphatic rings. The minimum absolute atomic E-state index is 0.149. The summed E-state index contributed by atoms with van der Waals surface area (Å²) >= 11 is 1.71. The Hall–Kier alpha value is -2.64. The topological polar surface area (TPSA) is 78.5 Å². The van der Waals surface area contributed by atoms with Gasteiger partial charge < -0.3 is 5.32 Å². The van der Waals surface area contributed by atoms with Crippen molar-refractivity contribution in [3.05, 3.63) is 65.2 Å². The molecule has 0 aliphatic carbocycles. The van der Waals surface area contributed by atoms with Gasteiger partial charge in [-0.2, -0.15) is 11.8 Å². The molecule has 4 atom stereocenters. The molecular formula is C26H29N3O3S. The lowest BCUT2D eigenvalue weighted by molar-refractivity contribution is -0.142. The fourth-order valence-electron chi connectivity index (χ4n) is 5.73. The van der Waals surface area contributed by atoms with E-state index in [1.165, 1.54) is 4.90 Å². The highest BCUT2D eigenvalue weighted by atomic mass is 32.2. The SMILES string of the molecule is CCc1ccc2c(c1)[C@]1(N[C@H](CCSC)[C@H]3C(=O)N(CCc4ccccc4)C(=O)[C@@H]31)C(=O)N2. The number of thioether (sulfide) groups is 1. The first kappa shape index (κ1) is 22.2. The van der Waals surface area contributed by atoms with Crippen LogP contribution in [-0.4, -0.2) is 47.2 Å². The van der Waals surface area contributed by atoms with E-state index < -0.39 is 17.4 Å². The Morgan fingerprint density at radius 2 is 1.82 bits per heavy atom. The van der Waals surface area contributed by atoms with Gasteiger partial charge in [0.2, 0.25) is 17.7 Å². The van der Waals surface area contributed by atoms with Crippen molar-refractivity contribution in [3.63, 3.8) is 0 Å². The number of aryl methyl sites for hydroxylation is 1. The largest absolute Gasteiger partial charge is 0.324 e. The lowest BCUT2D eigenvalue weighted by atomic mass is 9.76. The number of fused-ring (bicyclic) bond motifs is 4. The number of nitrogens with zero attached hydrogens (tertiary/aromatic N) is 1. The molecule has 0 bridgehead atoms. The molecule has 5 rings (SSSR count). The van der Waals surface area contributed by atoms with Gasteiger partial charge in [-0.05, 0) is 48.5 Å². The lowest BCUT2D eigenvalue weighted by Gasteiger charge is -2.29. The van der Waals surface area contributed by atoms with Crippen LogP contribution in [0.15, 0.2) is 48.5 Å². The number of benzene rings is 2. The van der Waals surface area contributed by atoms with Crippen LogP contribution in [0.3, 0.4) is 0 Å². The maximum Gasteiger partial charge on any atom is 0.250 e. The number of carbonyl (C=O) groups excluding carboxylic acids is 3.